The molecule has 2 saturated heterocycles. The van der Waals surface area contributed by atoms with Crippen LogP contribution in [0, 0.1) is 5.41 Å². The fourth-order valence-electron chi connectivity index (χ4n) is 3.00. The zero-order valence-corrected chi connectivity index (χ0v) is 8.34. The Morgan fingerprint density at radius 2 is 2.23 bits per heavy atom. The molecule has 0 aromatic rings. The van der Waals surface area contributed by atoms with Crippen molar-refractivity contribution in [2.75, 3.05) is 19.6 Å². The van der Waals surface area contributed by atoms with Gasteiger partial charge in [-0.05, 0) is 39.3 Å². The molecule has 0 aromatic carbocycles. The van der Waals surface area contributed by atoms with Crippen molar-refractivity contribution in [2.45, 2.75) is 38.3 Å². The Morgan fingerprint density at radius 3 is 2.85 bits per heavy atom. The molecule has 2 aliphatic rings. The van der Waals surface area contributed by atoms with Crippen LogP contribution in [0.5, 0.6) is 0 Å². The smallest absolute Gasteiger partial charge is 0.0671 e. The van der Waals surface area contributed by atoms with E-state index in [4.69, 9.17) is 0 Å². The average Bonchev–Trinajstić information content (AvgIpc) is 2.50. The van der Waals surface area contributed by atoms with Gasteiger partial charge in [-0.15, -0.1) is 0 Å². The molecule has 0 aliphatic carbocycles. The maximum atomic E-state index is 9.68. The predicted octanol–water partition coefficient (Wildman–Crippen LogP) is 0.0989. The van der Waals surface area contributed by atoms with Crippen LogP contribution < -0.4 is 10.6 Å². The minimum atomic E-state index is -0.220. The minimum Gasteiger partial charge on any atom is -0.392 e. The van der Waals surface area contributed by atoms with Gasteiger partial charge in [-0.1, -0.05) is 0 Å². The SMILES string of the molecule is CC(O)C1NCCC12CCCNC2. The highest BCUT2D eigenvalue weighted by Crippen LogP contribution is 2.38. The van der Waals surface area contributed by atoms with Crippen LogP contribution in [-0.4, -0.2) is 36.9 Å². The minimum absolute atomic E-state index is 0.220. The van der Waals surface area contributed by atoms with Crippen LogP contribution in [0.25, 0.3) is 0 Å². The first-order valence-electron chi connectivity index (χ1n) is 5.37. The van der Waals surface area contributed by atoms with Gasteiger partial charge in [0.25, 0.3) is 0 Å². The molecule has 13 heavy (non-hydrogen) atoms. The molecule has 2 fully saturated rings. The van der Waals surface area contributed by atoms with Gasteiger partial charge in [0.15, 0.2) is 0 Å². The van der Waals surface area contributed by atoms with Crippen molar-refractivity contribution in [1.29, 1.82) is 0 Å². The molecular formula is C10H20N2O. The van der Waals surface area contributed by atoms with Crippen LogP contribution in [0.3, 0.4) is 0 Å². The summed E-state index contributed by atoms with van der Waals surface area (Å²) >= 11 is 0. The lowest BCUT2D eigenvalue weighted by Crippen LogP contribution is -2.52. The molecule has 76 valence electrons. The second-order valence-electron chi connectivity index (χ2n) is 4.57. The van der Waals surface area contributed by atoms with E-state index >= 15 is 0 Å². The summed E-state index contributed by atoms with van der Waals surface area (Å²) in [4.78, 5) is 0. The van der Waals surface area contributed by atoms with E-state index in [-0.39, 0.29) is 6.10 Å². The molecular weight excluding hydrogens is 164 g/mol. The Kier molecular flexibility index (Phi) is 2.58. The number of hydrogen-bond acceptors (Lipinski definition) is 3. The number of rotatable bonds is 1. The van der Waals surface area contributed by atoms with Crippen molar-refractivity contribution in [1.82, 2.24) is 10.6 Å². The Balaban J connectivity index is 2.09. The molecule has 2 aliphatic heterocycles. The molecule has 2 heterocycles. The first kappa shape index (κ1) is 9.44. The molecule has 3 unspecified atom stereocenters. The molecule has 3 N–H and O–H groups in total. The largest absolute Gasteiger partial charge is 0.392 e. The van der Waals surface area contributed by atoms with E-state index in [1.54, 1.807) is 0 Å². The maximum Gasteiger partial charge on any atom is 0.0671 e. The number of aliphatic hydroxyl groups is 1. The summed E-state index contributed by atoms with van der Waals surface area (Å²) in [7, 11) is 0. The summed E-state index contributed by atoms with van der Waals surface area (Å²) in [6.45, 7) is 5.19. The fourth-order valence-corrected chi connectivity index (χ4v) is 3.00. The molecule has 1 spiro atoms. The van der Waals surface area contributed by atoms with Gasteiger partial charge in [0, 0.05) is 18.0 Å². The molecule has 2 rings (SSSR count). The lowest BCUT2D eigenvalue weighted by Gasteiger charge is -2.40. The number of hydrogen-bond donors (Lipinski definition) is 3. The highest BCUT2D eigenvalue weighted by Gasteiger charge is 2.45. The van der Waals surface area contributed by atoms with Gasteiger partial charge in [0.1, 0.15) is 0 Å². The summed E-state index contributed by atoms with van der Waals surface area (Å²) in [5.41, 5.74) is 0.340. The van der Waals surface area contributed by atoms with Crippen LogP contribution in [0.4, 0.5) is 0 Å². The van der Waals surface area contributed by atoms with E-state index in [2.05, 4.69) is 10.6 Å². The van der Waals surface area contributed by atoms with Gasteiger partial charge < -0.3 is 15.7 Å². The summed E-state index contributed by atoms with van der Waals surface area (Å²) < 4.78 is 0. The Labute approximate surface area is 79.9 Å². The second-order valence-corrected chi connectivity index (χ2v) is 4.57. The third-order valence-corrected chi connectivity index (χ3v) is 3.63. The molecule has 3 nitrogen and oxygen atoms in total. The zero-order valence-electron chi connectivity index (χ0n) is 8.34. The van der Waals surface area contributed by atoms with Gasteiger partial charge >= 0.3 is 0 Å². The molecule has 0 bridgehead atoms. The second kappa shape index (κ2) is 3.56. The maximum absolute atomic E-state index is 9.68. The molecule has 0 amide bonds. The third-order valence-electron chi connectivity index (χ3n) is 3.63. The molecule has 0 radical (unpaired) electrons. The summed E-state index contributed by atoms with van der Waals surface area (Å²) in [6.07, 6.45) is 3.52. The van der Waals surface area contributed by atoms with E-state index in [1.807, 2.05) is 6.92 Å². The summed E-state index contributed by atoms with van der Waals surface area (Å²) in [5, 5.41) is 16.6. The van der Waals surface area contributed by atoms with Gasteiger partial charge in [0.05, 0.1) is 6.10 Å². The van der Waals surface area contributed by atoms with Crippen LogP contribution in [0.15, 0.2) is 0 Å². The van der Waals surface area contributed by atoms with E-state index < -0.39 is 0 Å². The number of nitrogens with one attached hydrogen (secondary N) is 2. The zero-order chi connectivity index (χ0) is 9.31. The van der Waals surface area contributed by atoms with Crippen LogP contribution in [0.2, 0.25) is 0 Å². The third kappa shape index (κ3) is 1.60. The quantitative estimate of drug-likeness (QED) is 0.541. The van der Waals surface area contributed by atoms with Crippen LogP contribution in [-0.2, 0) is 0 Å². The first-order chi connectivity index (χ1) is 6.25. The first-order valence-corrected chi connectivity index (χ1v) is 5.37. The predicted molar refractivity (Wildman–Crippen MR) is 52.6 cm³/mol. The van der Waals surface area contributed by atoms with Gasteiger partial charge in [-0.2, -0.15) is 0 Å². The lowest BCUT2D eigenvalue weighted by atomic mass is 9.73. The average molecular weight is 184 g/mol. The van der Waals surface area contributed by atoms with Crippen LogP contribution in [0.1, 0.15) is 26.2 Å². The van der Waals surface area contributed by atoms with Gasteiger partial charge in [-0.25, -0.2) is 0 Å². The van der Waals surface area contributed by atoms with E-state index in [0.717, 1.165) is 19.6 Å². The topological polar surface area (TPSA) is 44.3 Å². The van der Waals surface area contributed by atoms with Crippen molar-refractivity contribution in [2.24, 2.45) is 5.41 Å². The van der Waals surface area contributed by atoms with Crippen molar-refractivity contribution in [3.05, 3.63) is 0 Å². The van der Waals surface area contributed by atoms with Crippen molar-refractivity contribution in [3.63, 3.8) is 0 Å². The Hall–Kier alpha value is -0.120. The van der Waals surface area contributed by atoms with E-state index in [0.29, 0.717) is 11.5 Å². The van der Waals surface area contributed by atoms with Crippen molar-refractivity contribution in [3.8, 4) is 0 Å². The highest BCUT2D eigenvalue weighted by molar-refractivity contribution is 5.02. The molecule has 3 atom stereocenters. The van der Waals surface area contributed by atoms with E-state index in [9.17, 15) is 5.11 Å². The molecule has 0 saturated carbocycles. The van der Waals surface area contributed by atoms with Gasteiger partial charge in [-0.3, -0.25) is 0 Å². The molecule has 0 aromatic heterocycles. The monoisotopic (exact) mass is 184 g/mol. The van der Waals surface area contributed by atoms with Crippen molar-refractivity contribution >= 4 is 0 Å². The van der Waals surface area contributed by atoms with E-state index in [1.165, 1.54) is 19.3 Å². The normalized spacial score (nSPS) is 42.5. The lowest BCUT2D eigenvalue weighted by molar-refractivity contribution is 0.0693. The summed E-state index contributed by atoms with van der Waals surface area (Å²) in [5.74, 6) is 0. The number of piperidine rings is 1. The Morgan fingerprint density at radius 1 is 1.38 bits per heavy atom. The number of aliphatic hydroxyl groups excluding tert-OH is 1. The highest BCUT2D eigenvalue weighted by atomic mass is 16.3. The standard InChI is InChI=1S/C10H20N2O/c1-8(13)9-10(4-6-12-9)3-2-5-11-7-10/h8-9,11-13H,2-7H2,1H3. The van der Waals surface area contributed by atoms with Gasteiger partial charge in [0.2, 0.25) is 0 Å². The molecule has 3 heteroatoms. The van der Waals surface area contributed by atoms with Crippen LogP contribution >= 0.6 is 0 Å². The fraction of sp³-hybridized carbons (Fsp3) is 1.00. The van der Waals surface area contributed by atoms with Crippen molar-refractivity contribution < 1.29 is 5.11 Å². The Bertz CT molecular complexity index is 176. The summed E-state index contributed by atoms with van der Waals surface area (Å²) in [6, 6.07) is 0.306.